The van der Waals surface area contributed by atoms with Crippen LogP contribution in [0, 0.1) is 0 Å². The summed E-state index contributed by atoms with van der Waals surface area (Å²) < 4.78 is 1.02. The minimum Gasteiger partial charge on any atom is -0.345 e. The molecule has 0 unspecified atom stereocenters. The number of nitrogens with one attached hydrogen (secondary N) is 1. The molecular formula is C9H8BrClN2. The zero-order valence-electron chi connectivity index (χ0n) is 6.77. The fourth-order valence-electron chi connectivity index (χ4n) is 1.43. The van der Waals surface area contributed by atoms with Gasteiger partial charge < -0.3 is 10.7 Å². The van der Waals surface area contributed by atoms with E-state index in [1.54, 1.807) is 0 Å². The van der Waals surface area contributed by atoms with E-state index in [0.717, 1.165) is 20.9 Å². The van der Waals surface area contributed by atoms with Crippen molar-refractivity contribution >= 4 is 38.4 Å². The van der Waals surface area contributed by atoms with Crippen molar-refractivity contribution in [2.24, 2.45) is 5.73 Å². The van der Waals surface area contributed by atoms with Crippen LogP contribution in [0.3, 0.4) is 0 Å². The number of H-pyrrole nitrogens is 1. The van der Waals surface area contributed by atoms with Gasteiger partial charge in [-0.1, -0.05) is 33.6 Å². The summed E-state index contributed by atoms with van der Waals surface area (Å²) in [7, 11) is 0. The maximum atomic E-state index is 5.98. The third kappa shape index (κ3) is 1.37. The summed E-state index contributed by atoms with van der Waals surface area (Å²) in [5.74, 6) is 0. The molecular weight excluding hydrogens is 251 g/mol. The largest absolute Gasteiger partial charge is 0.345 e. The molecule has 3 N–H and O–H groups in total. The van der Waals surface area contributed by atoms with Crippen LogP contribution in [0.1, 0.15) is 5.56 Å². The monoisotopic (exact) mass is 258 g/mol. The Morgan fingerprint density at radius 2 is 2.23 bits per heavy atom. The highest BCUT2D eigenvalue weighted by Gasteiger charge is 2.10. The van der Waals surface area contributed by atoms with Crippen molar-refractivity contribution in [1.82, 2.24) is 4.98 Å². The van der Waals surface area contributed by atoms with E-state index < -0.39 is 0 Å². The topological polar surface area (TPSA) is 41.8 Å². The van der Waals surface area contributed by atoms with Crippen LogP contribution < -0.4 is 5.73 Å². The van der Waals surface area contributed by atoms with Gasteiger partial charge in [0.25, 0.3) is 0 Å². The second-order valence-electron chi connectivity index (χ2n) is 2.78. The second-order valence-corrected chi connectivity index (χ2v) is 4.02. The number of aromatic amines is 1. The lowest BCUT2D eigenvalue weighted by atomic mass is 10.2. The van der Waals surface area contributed by atoms with Crippen molar-refractivity contribution in [2.75, 3.05) is 0 Å². The number of benzene rings is 1. The minimum atomic E-state index is 0.446. The number of aromatic nitrogens is 1. The summed E-state index contributed by atoms with van der Waals surface area (Å²) in [6.45, 7) is 0.446. The van der Waals surface area contributed by atoms with E-state index in [-0.39, 0.29) is 0 Å². The van der Waals surface area contributed by atoms with Gasteiger partial charge in [-0.15, -0.1) is 0 Å². The second kappa shape index (κ2) is 3.33. The Hall–Kier alpha value is -0.510. The molecule has 0 saturated heterocycles. The lowest BCUT2D eigenvalue weighted by molar-refractivity contribution is 1.08. The highest BCUT2D eigenvalue weighted by Crippen LogP contribution is 2.31. The molecule has 1 aromatic carbocycles. The van der Waals surface area contributed by atoms with Crippen molar-refractivity contribution in [1.29, 1.82) is 0 Å². The standard InChI is InChI=1S/C9H8BrClN2/c10-6-2-1-3-7-8(6)5(4-12)9(11)13-7/h1-3,13H,4,12H2. The average molecular weight is 260 g/mol. The van der Waals surface area contributed by atoms with Crippen LogP contribution in [0.4, 0.5) is 0 Å². The minimum absolute atomic E-state index is 0.446. The first kappa shape index (κ1) is 9.06. The summed E-state index contributed by atoms with van der Waals surface area (Å²) >= 11 is 9.45. The normalized spacial score (nSPS) is 11.0. The van der Waals surface area contributed by atoms with Crippen molar-refractivity contribution in [2.45, 2.75) is 6.54 Å². The van der Waals surface area contributed by atoms with E-state index in [1.165, 1.54) is 0 Å². The average Bonchev–Trinajstić information content (AvgIpc) is 2.42. The van der Waals surface area contributed by atoms with Crippen LogP contribution in [0.2, 0.25) is 5.15 Å². The Kier molecular flexibility index (Phi) is 2.32. The van der Waals surface area contributed by atoms with Crippen LogP contribution in [0.25, 0.3) is 10.9 Å². The molecule has 4 heteroatoms. The molecule has 0 spiro atoms. The highest BCUT2D eigenvalue weighted by molar-refractivity contribution is 9.10. The fraction of sp³-hybridized carbons (Fsp3) is 0.111. The van der Waals surface area contributed by atoms with Gasteiger partial charge in [0.15, 0.2) is 0 Å². The molecule has 13 heavy (non-hydrogen) atoms. The highest BCUT2D eigenvalue weighted by atomic mass is 79.9. The molecule has 2 aromatic rings. The molecule has 1 heterocycles. The zero-order valence-corrected chi connectivity index (χ0v) is 9.11. The van der Waals surface area contributed by atoms with E-state index in [4.69, 9.17) is 17.3 Å². The first-order valence-electron chi connectivity index (χ1n) is 3.88. The first-order chi connectivity index (χ1) is 6.24. The quantitative estimate of drug-likeness (QED) is 0.812. The molecule has 0 amide bonds. The van der Waals surface area contributed by atoms with Gasteiger partial charge in [0.2, 0.25) is 0 Å². The van der Waals surface area contributed by atoms with Crippen LogP contribution in [0.5, 0.6) is 0 Å². The third-order valence-electron chi connectivity index (χ3n) is 2.03. The Morgan fingerprint density at radius 3 is 2.92 bits per heavy atom. The Morgan fingerprint density at radius 1 is 1.46 bits per heavy atom. The SMILES string of the molecule is NCc1c(Cl)[nH]c2cccc(Br)c12. The number of rotatable bonds is 1. The lowest BCUT2D eigenvalue weighted by Crippen LogP contribution is -1.95. The fourth-order valence-corrected chi connectivity index (χ4v) is 2.31. The summed E-state index contributed by atoms with van der Waals surface area (Å²) in [4.78, 5) is 3.07. The van der Waals surface area contributed by atoms with Crippen LogP contribution >= 0.6 is 27.5 Å². The molecule has 2 nitrogen and oxygen atoms in total. The van der Waals surface area contributed by atoms with Crippen LogP contribution in [-0.4, -0.2) is 4.98 Å². The Labute approximate surface area is 89.2 Å². The number of hydrogen-bond acceptors (Lipinski definition) is 1. The number of fused-ring (bicyclic) bond motifs is 1. The molecule has 0 aliphatic rings. The molecule has 0 fully saturated rings. The number of nitrogens with two attached hydrogens (primary N) is 1. The van der Waals surface area contributed by atoms with Crippen molar-refractivity contribution in [3.8, 4) is 0 Å². The molecule has 0 aliphatic carbocycles. The van der Waals surface area contributed by atoms with Gasteiger partial charge in [0.05, 0.1) is 0 Å². The van der Waals surface area contributed by atoms with E-state index >= 15 is 0 Å². The van der Waals surface area contributed by atoms with Gasteiger partial charge in [-0.05, 0) is 12.1 Å². The molecule has 0 aliphatic heterocycles. The third-order valence-corrected chi connectivity index (χ3v) is 3.01. The van der Waals surface area contributed by atoms with Gasteiger partial charge in [-0.2, -0.15) is 0 Å². The molecule has 0 saturated carbocycles. The predicted octanol–water partition coefficient (Wildman–Crippen LogP) is 3.04. The maximum Gasteiger partial charge on any atom is 0.111 e. The van der Waals surface area contributed by atoms with Crippen molar-refractivity contribution in [3.63, 3.8) is 0 Å². The summed E-state index contributed by atoms with van der Waals surface area (Å²) in [6.07, 6.45) is 0. The first-order valence-corrected chi connectivity index (χ1v) is 5.05. The van der Waals surface area contributed by atoms with E-state index in [1.807, 2.05) is 18.2 Å². The van der Waals surface area contributed by atoms with Crippen molar-refractivity contribution < 1.29 is 0 Å². The number of halogens is 2. The van der Waals surface area contributed by atoms with E-state index in [2.05, 4.69) is 20.9 Å². The van der Waals surface area contributed by atoms with Crippen LogP contribution in [0.15, 0.2) is 22.7 Å². The number of hydrogen-bond donors (Lipinski definition) is 2. The van der Waals surface area contributed by atoms with Gasteiger partial charge >= 0.3 is 0 Å². The molecule has 1 aromatic heterocycles. The molecule has 0 atom stereocenters. The summed E-state index contributed by atoms with van der Waals surface area (Å²) in [6, 6.07) is 5.91. The zero-order chi connectivity index (χ0) is 9.42. The smallest absolute Gasteiger partial charge is 0.111 e. The summed E-state index contributed by atoms with van der Waals surface area (Å²) in [5.41, 5.74) is 7.58. The van der Waals surface area contributed by atoms with Gasteiger partial charge in [-0.25, -0.2) is 0 Å². The van der Waals surface area contributed by atoms with E-state index in [0.29, 0.717) is 11.7 Å². The Balaban J connectivity index is 2.88. The lowest BCUT2D eigenvalue weighted by Gasteiger charge is -1.96. The molecule has 0 radical (unpaired) electrons. The van der Waals surface area contributed by atoms with Gasteiger partial charge in [0, 0.05) is 27.5 Å². The van der Waals surface area contributed by atoms with Crippen molar-refractivity contribution in [3.05, 3.63) is 33.4 Å². The van der Waals surface area contributed by atoms with E-state index in [9.17, 15) is 0 Å². The van der Waals surface area contributed by atoms with Gasteiger partial charge in [0.1, 0.15) is 5.15 Å². The maximum absolute atomic E-state index is 5.98. The van der Waals surface area contributed by atoms with Gasteiger partial charge in [-0.3, -0.25) is 0 Å². The Bertz CT molecular complexity index is 450. The molecule has 0 bridgehead atoms. The molecule has 68 valence electrons. The predicted molar refractivity (Wildman–Crippen MR) is 58.9 cm³/mol. The summed E-state index contributed by atoms with van der Waals surface area (Å²) in [5, 5.41) is 1.71. The van der Waals surface area contributed by atoms with Crippen LogP contribution in [-0.2, 0) is 6.54 Å². The molecule has 2 rings (SSSR count).